The molecular weight excluding hydrogens is 219 g/mol. The Morgan fingerprint density at radius 1 is 1.53 bits per heavy atom. The quantitative estimate of drug-likeness (QED) is 0.733. The van der Waals surface area contributed by atoms with E-state index in [9.17, 15) is 9.18 Å². The van der Waals surface area contributed by atoms with Crippen LogP contribution in [0.3, 0.4) is 0 Å². The molecule has 17 heavy (non-hydrogen) atoms. The van der Waals surface area contributed by atoms with Crippen molar-refractivity contribution in [3.63, 3.8) is 0 Å². The van der Waals surface area contributed by atoms with Crippen molar-refractivity contribution in [1.82, 2.24) is 4.90 Å². The van der Waals surface area contributed by atoms with Crippen LogP contribution in [0.15, 0.2) is 24.3 Å². The van der Waals surface area contributed by atoms with Crippen LogP contribution in [0.25, 0.3) is 0 Å². The Labute approximate surface area is 100 Å². The molecule has 0 aliphatic rings. The minimum Gasteiger partial charge on any atom is -0.298 e. The second-order valence-electron chi connectivity index (χ2n) is 4.13. The summed E-state index contributed by atoms with van der Waals surface area (Å²) < 4.78 is 13.3. The first-order chi connectivity index (χ1) is 8.04. The predicted molar refractivity (Wildman–Crippen MR) is 63.0 cm³/mol. The van der Waals surface area contributed by atoms with Gasteiger partial charge in [-0.2, -0.15) is 5.26 Å². The number of carbonyl (C=O) groups is 1. The molecule has 0 saturated carbocycles. The van der Waals surface area contributed by atoms with Gasteiger partial charge < -0.3 is 0 Å². The molecule has 3 nitrogen and oxygen atoms in total. The van der Waals surface area contributed by atoms with Gasteiger partial charge in [0.15, 0.2) is 5.78 Å². The van der Waals surface area contributed by atoms with Crippen molar-refractivity contribution < 1.29 is 9.18 Å². The van der Waals surface area contributed by atoms with E-state index in [0.717, 1.165) is 0 Å². The normalized spacial score (nSPS) is 12.2. The SMILES string of the molecule is CC(C#N)CN(C)CC(=O)c1ccccc1F. The maximum Gasteiger partial charge on any atom is 0.179 e. The minimum absolute atomic E-state index is 0.101. The molecule has 0 bridgehead atoms. The first-order valence-electron chi connectivity index (χ1n) is 5.40. The number of ketones is 1. The number of Topliss-reactive ketones (excluding diaryl/α,β-unsaturated/α-hetero) is 1. The molecule has 0 fully saturated rings. The monoisotopic (exact) mass is 234 g/mol. The molecule has 1 aromatic rings. The van der Waals surface area contributed by atoms with Gasteiger partial charge in [-0.25, -0.2) is 4.39 Å². The average molecular weight is 234 g/mol. The Morgan fingerprint density at radius 3 is 2.76 bits per heavy atom. The molecule has 1 unspecified atom stereocenters. The van der Waals surface area contributed by atoms with Gasteiger partial charge in [0.25, 0.3) is 0 Å². The number of benzene rings is 1. The van der Waals surface area contributed by atoms with E-state index in [-0.39, 0.29) is 23.8 Å². The van der Waals surface area contributed by atoms with E-state index in [0.29, 0.717) is 6.54 Å². The van der Waals surface area contributed by atoms with Crippen LogP contribution in [0.2, 0.25) is 0 Å². The van der Waals surface area contributed by atoms with Crippen molar-refractivity contribution in [1.29, 1.82) is 5.26 Å². The number of rotatable bonds is 5. The fourth-order valence-corrected chi connectivity index (χ4v) is 1.59. The fourth-order valence-electron chi connectivity index (χ4n) is 1.59. The van der Waals surface area contributed by atoms with Crippen molar-refractivity contribution >= 4 is 5.78 Å². The molecule has 1 aromatic carbocycles. The summed E-state index contributed by atoms with van der Waals surface area (Å²) in [7, 11) is 1.74. The van der Waals surface area contributed by atoms with Gasteiger partial charge in [0, 0.05) is 6.54 Å². The molecule has 0 saturated heterocycles. The highest BCUT2D eigenvalue weighted by molar-refractivity contribution is 5.97. The number of nitrogens with zero attached hydrogens (tertiary/aromatic N) is 2. The highest BCUT2D eigenvalue weighted by atomic mass is 19.1. The lowest BCUT2D eigenvalue weighted by Crippen LogP contribution is -2.30. The number of likely N-dealkylation sites (N-methyl/N-ethyl adjacent to an activating group) is 1. The van der Waals surface area contributed by atoms with Gasteiger partial charge >= 0.3 is 0 Å². The number of hydrogen-bond acceptors (Lipinski definition) is 3. The van der Waals surface area contributed by atoms with E-state index >= 15 is 0 Å². The Morgan fingerprint density at radius 2 is 2.18 bits per heavy atom. The summed E-state index contributed by atoms with van der Waals surface area (Å²) in [5.41, 5.74) is 0.101. The maximum atomic E-state index is 13.3. The van der Waals surface area contributed by atoms with Crippen molar-refractivity contribution in [2.24, 2.45) is 5.92 Å². The average Bonchev–Trinajstić information content (AvgIpc) is 2.29. The number of nitriles is 1. The van der Waals surface area contributed by atoms with Gasteiger partial charge in [0.05, 0.1) is 24.1 Å². The van der Waals surface area contributed by atoms with Gasteiger partial charge in [-0.05, 0) is 26.1 Å². The van der Waals surface area contributed by atoms with E-state index in [1.807, 2.05) is 0 Å². The van der Waals surface area contributed by atoms with Crippen molar-refractivity contribution in [3.8, 4) is 6.07 Å². The zero-order valence-electron chi connectivity index (χ0n) is 9.98. The molecule has 0 heterocycles. The highest BCUT2D eigenvalue weighted by Crippen LogP contribution is 2.08. The van der Waals surface area contributed by atoms with Crippen LogP contribution in [0.5, 0.6) is 0 Å². The van der Waals surface area contributed by atoms with E-state index in [1.54, 1.807) is 31.0 Å². The molecule has 0 aliphatic carbocycles. The molecule has 0 amide bonds. The van der Waals surface area contributed by atoms with E-state index in [2.05, 4.69) is 6.07 Å². The van der Waals surface area contributed by atoms with Gasteiger partial charge in [0.2, 0.25) is 0 Å². The summed E-state index contributed by atoms with van der Waals surface area (Å²) in [6.07, 6.45) is 0. The maximum absolute atomic E-state index is 13.3. The number of halogens is 1. The van der Waals surface area contributed by atoms with E-state index in [1.165, 1.54) is 12.1 Å². The smallest absolute Gasteiger partial charge is 0.179 e. The Hall–Kier alpha value is -1.73. The van der Waals surface area contributed by atoms with Crippen molar-refractivity contribution in [2.75, 3.05) is 20.1 Å². The summed E-state index contributed by atoms with van der Waals surface area (Å²) >= 11 is 0. The molecule has 0 N–H and O–H groups in total. The minimum atomic E-state index is -0.501. The Bertz CT molecular complexity index is 439. The van der Waals surface area contributed by atoms with Crippen LogP contribution < -0.4 is 0 Å². The van der Waals surface area contributed by atoms with E-state index in [4.69, 9.17) is 5.26 Å². The number of hydrogen-bond donors (Lipinski definition) is 0. The summed E-state index contributed by atoms with van der Waals surface area (Å²) in [4.78, 5) is 13.5. The first kappa shape index (κ1) is 13.3. The number of carbonyl (C=O) groups excluding carboxylic acids is 1. The molecule has 1 atom stereocenters. The molecule has 0 aromatic heterocycles. The van der Waals surface area contributed by atoms with Crippen LogP contribution >= 0.6 is 0 Å². The standard InChI is InChI=1S/C13H15FN2O/c1-10(7-15)8-16(2)9-13(17)11-5-3-4-6-12(11)14/h3-6,10H,8-9H2,1-2H3. The van der Waals surface area contributed by atoms with Gasteiger partial charge in [-0.1, -0.05) is 12.1 Å². The molecule has 0 radical (unpaired) electrons. The van der Waals surface area contributed by atoms with Gasteiger partial charge in [-0.3, -0.25) is 9.69 Å². The second kappa shape index (κ2) is 6.12. The van der Waals surface area contributed by atoms with E-state index < -0.39 is 5.82 Å². The predicted octanol–water partition coefficient (Wildman–Crippen LogP) is 2.10. The van der Waals surface area contributed by atoms with Crippen LogP contribution in [-0.4, -0.2) is 30.8 Å². The van der Waals surface area contributed by atoms with Crippen molar-refractivity contribution in [3.05, 3.63) is 35.6 Å². The Balaban J connectivity index is 2.62. The van der Waals surface area contributed by atoms with Crippen molar-refractivity contribution in [2.45, 2.75) is 6.92 Å². The van der Waals surface area contributed by atoms with Crippen LogP contribution in [0.1, 0.15) is 17.3 Å². The van der Waals surface area contributed by atoms with Crippen LogP contribution in [-0.2, 0) is 0 Å². The molecule has 4 heteroatoms. The summed E-state index contributed by atoms with van der Waals surface area (Å²) in [6.45, 7) is 2.40. The lowest BCUT2D eigenvalue weighted by Gasteiger charge is -2.16. The third-order valence-corrected chi connectivity index (χ3v) is 2.39. The molecule has 90 valence electrons. The largest absolute Gasteiger partial charge is 0.298 e. The topological polar surface area (TPSA) is 44.1 Å². The van der Waals surface area contributed by atoms with Gasteiger partial charge in [0.1, 0.15) is 5.82 Å². The second-order valence-corrected chi connectivity index (χ2v) is 4.13. The lowest BCUT2D eigenvalue weighted by molar-refractivity contribution is 0.0939. The Kier molecular flexibility index (Phi) is 4.80. The third kappa shape index (κ3) is 3.97. The third-order valence-electron chi connectivity index (χ3n) is 2.39. The molecular formula is C13H15FN2O. The summed E-state index contributed by atoms with van der Waals surface area (Å²) in [5, 5.41) is 8.66. The molecule has 0 aliphatic heterocycles. The zero-order valence-corrected chi connectivity index (χ0v) is 9.98. The first-order valence-corrected chi connectivity index (χ1v) is 5.40. The fraction of sp³-hybridized carbons (Fsp3) is 0.385. The van der Waals surface area contributed by atoms with Crippen LogP contribution in [0.4, 0.5) is 4.39 Å². The molecule has 0 spiro atoms. The summed E-state index contributed by atoms with van der Waals surface area (Å²) in [5.74, 6) is -0.914. The highest BCUT2D eigenvalue weighted by Gasteiger charge is 2.14. The van der Waals surface area contributed by atoms with Gasteiger partial charge in [-0.15, -0.1) is 0 Å². The molecule has 1 rings (SSSR count). The summed E-state index contributed by atoms with van der Waals surface area (Å²) in [6, 6.07) is 8.02. The zero-order chi connectivity index (χ0) is 12.8. The lowest BCUT2D eigenvalue weighted by atomic mass is 10.1. The van der Waals surface area contributed by atoms with Crippen LogP contribution in [0, 0.1) is 23.1 Å².